The summed E-state index contributed by atoms with van der Waals surface area (Å²) in [5.41, 5.74) is -2.01. The highest BCUT2D eigenvalue weighted by atomic mass is 16.7. The minimum atomic E-state index is -1.08. The van der Waals surface area contributed by atoms with Gasteiger partial charge in [-0.2, -0.15) is 0 Å². The Morgan fingerprint density at radius 3 is 1.83 bits per heavy atom. The van der Waals surface area contributed by atoms with Crippen LogP contribution in [-0.2, 0) is 28.8 Å². The van der Waals surface area contributed by atoms with Crippen molar-refractivity contribution in [3.8, 4) is 0 Å². The van der Waals surface area contributed by atoms with E-state index in [1.54, 1.807) is 27.7 Å². The highest BCUT2D eigenvalue weighted by molar-refractivity contribution is 6.01. The summed E-state index contributed by atoms with van der Waals surface area (Å²) in [5, 5.41) is 3.51. The Balaban J connectivity index is 2.57. The van der Waals surface area contributed by atoms with E-state index >= 15 is 0 Å². The van der Waals surface area contributed by atoms with Gasteiger partial charge in [-0.05, 0) is 57.8 Å². The van der Waals surface area contributed by atoms with Gasteiger partial charge in [0.15, 0.2) is 0 Å². The molecular weight excluding hydrogens is 448 g/mol. The van der Waals surface area contributed by atoms with Crippen molar-refractivity contribution in [2.24, 2.45) is 21.7 Å². The first-order chi connectivity index (χ1) is 15.6. The van der Waals surface area contributed by atoms with Gasteiger partial charge in [0.25, 0.3) is 11.8 Å². The number of carbonyl (C=O) groups excluding carboxylic acids is 4. The molecule has 3 amide bonds. The van der Waals surface area contributed by atoms with Crippen LogP contribution in [0.2, 0.25) is 0 Å². The standard InChI is InChI=1S/C27H48N2O6/c1-23(2,3)26(8,9)15-17-34-27(10,11)14-16-28-21(32)24(4,5)18-25(6,7)22(33)35-29-19(30)12-13-20(29)31/h12-18H2,1-11H3,(H,28,32). The fourth-order valence-corrected chi connectivity index (χ4v) is 3.87. The van der Waals surface area contributed by atoms with Crippen LogP contribution in [0, 0.1) is 21.7 Å². The quantitative estimate of drug-likeness (QED) is 0.389. The van der Waals surface area contributed by atoms with Crippen LogP contribution in [0.1, 0.15) is 108 Å². The van der Waals surface area contributed by atoms with E-state index in [-0.39, 0.29) is 41.6 Å². The van der Waals surface area contributed by atoms with Gasteiger partial charge in [-0.25, -0.2) is 4.79 Å². The van der Waals surface area contributed by atoms with Gasteiger partial charge in [-0.3, -0.25) is 14.4 Å². The van der Waals surface area contributed by atoms with Crippen LogP contribution >= 0.6 is 0 Å². The second-order valence-corrected chi connectivity index (χ2v) is 13.4. The lowest BCUT2D eigenvalue weighted by molar-refractivity contribution is -0.205. The van der Waals surface area contributed by atoms with E-state index < -0.39 is 28.6 Å². The number of hydrogen-bond donors (Lipinski definition) is 1. The van der Waals surface area contributed by atoms with Crippen molar-refractivity contribution >= 4 is 23.7 Å². The normalized spacial score (nSPS) is 16.0. The molecule has 0 aromatic rings. The van der Waals surface area contributed by atoms with E-state index in [9.17, 15) is 19.2 Å². The summed E-state index contributed by atoms with van der Waals surface area (Å²) in [6, 6.07) is 0. The number of rotatable bonds is 12. The molecule has 0 bridgehead atoms. The van der Waals surface area contributed by atoms with Crippen molar-refractivity contribution in [2.45, 2.75) is 114 Å². The van der Waals surface area contributed by atoms with Gasteiger partial charge < -0.3 is 14.9 Å². The molecule has 1 N–H and O–H groups in total. The van der Waals surface area contributed by atoms with Gasteiger partial charge in [0.1, 0.15) is 0 Å². The third-order valence-electron chi connectivity index (χ3n) is 7.49. The molecule has 0 unspecified atom stereocenters. The molecular formula is C27H48N2O6. The van der Waals surface area contributed by atoms with E-state index in [2.05, 4.69) is 39.9 Å². The van der Waals surface area contributed by atoms with Crippen LogP contribution in [0.5, 0.6) is 0 Å². The van der Waals surface area contributed by atoms with Crippen LogP contribution in [0.3, 0.4) is 0 Å². The van der Waals surface area contributed by atoms with Gasteiger partial charge in [-0.1, -0.05) is 48.5 Å². The van der Waals surface area contributed by atoms with Crippen LogP contribution in [-0.4, -0.2) is 47.5 Å². The van der Waals surface area contributed by atoms with Crippen LogP contribution in [0.25, 0.3) is 0 Å². The van der Waals surface area contributed by atoms with Gasteiger partial charge in [-0.15, -0.1) is 5.06 Å². The monoisotopic (exact) mass is 496 g/mol. The molecule has 0 atom stereocenters. The number of ether oxygens (including phenoxy) is 1. The topological polar surface area (TPSA) is 102 Å². The Hall–Kier alpha value is -1.96. The molecule has 202 valence electrons. The Bertz CT molecular complexity index is 789. The summed E-state index contributed by atoms with van der Waals surface area (Å²) in [7, 11) is 0. The average Bonchev–Trinajstić information content (AvgIpc) is 2.97. The van der Waals surface area contributed by atoms with Crippen molar-refractivity contribution < 1.29 is 28.8 Å². The molecule has 1 rings (SSSR count). The van der Waals surface area contributed by atoms with Crippen molar-refractivity contribution in [3.63, 3.8) is 0 Å². The van der Waals surface area contributed by atoms with Crippen molar-refractivity contribution in [1.82, 2.24) is 10.4 Å². The summed E-state index contributed by atoms with van der Waals surface area (Å²) in [6.07, 6.45) is 1.85. The molecule has 0 saturated carbocycles. The number of nitrogens with zero attached hydrogens (tertiary/aromatic N) is 1. The van der Waals surface area contributed by atoms with Gasteiger partial charge in [0, 0.05) is 31.4 Å². The van der Waals surface area contributed by atoms with E-state index in [1.165, 1.54) is 0 Å². The Labute approximate surface area is 211 Å². The Morgan fingerprint density at radius 2 is 1.34 bits per heavy atom. The summed E-state index contributed by atoms with van der Waals surface area (Å²) in [4.78, 5) is 54.2. The third-order valence-corrected chi connectivity index (χ3v) is 7.49. The molecule has 1 fully saturated rings. The van der Waals surface area contributed by atoms with Crippen molar-refractivity contribution in [2.75, 3.05) is 13.2 Å². The first-order valence-electron chi connectivity index (χ1n) is 12.6. The molecule has 1 aliphatic heterocycles. The number of amides is 3. The maximum Gasteiger partial charge on any atom is 0.338 e. The molecule has 0 spiro atoms. The maximum absolute atomic E-state index is 12.9. The van der Waals surface area contributed by atoms with E-state index in [4.69, 9.17) is 9.57 Å². The van der Waals surface area contributed by atoms with Gasteiger partial charge >= 0.3 is 5.97 Å². The number of imide groups is 1. The van der Waals surface area contributed by atoms with Crippen LogP contribution in [0.4, 0.5) is 0 Å². The molecule has 0 aromatic carbocycles. The molecule has 8 heteroatoms. The van der Waals surface area contributed by atoms with E-state index in [0.29, 0.717) is 24.6 Å². The van der Waals surface area contributed by atoms with E-state index in [1.807, 2.05) is 13.8 Å². The molecule has 35 heavy (non-hydrogen) atoms. The zero-order chi connectivity index (χ0) is 27.5. The van der Waals surface area contributed by atoms with Crippen molar-refractivity contribution in [3.05, 3.63) is 0 Å². The van der Waals surface area contributed by atoms with E-state index in [0.717, 1.165) is 6.42 Å². The lowest BCUT2D eigenvalue weighted by Gasteiger charge is -2.39. The molecule has 0 aliphatic carbocycles. The first-order valence-corrected chi connectivity index (χ1v) is 12.6. The molecule has 1 heterocycles. The average molecular weight is 497 g/mol. The fourth-order valence-electron chi connectivity index (χ4n) is 3.87. The zero-order valence-corrected chi connectivity index (χ0v) is 23.8. The molecule has 1 saturated heterocycles. The van der Waals surface area contributed by atoms with Gasteiger partial charge in [0.05, 0.1) is 11.0 Å². The summed E-state index contributed by atoms with van der Waals surface area (Å²) >= 11 is 0. The second kappa shape index (κ2) is 11.0. The highest BCUT2D eigenvalue weighted by Gasteiger charge is 2.43. The van der Waals surface area contributed by atoms with Crippen LogP contribution in [0.15, 0.2) is 0 Å². The smallest absolute Gasteiger partial charge is 0.338 e. The number of hydroxylamine groups is 2. The number of carbonyl (C=O) groups is 4. The highest BCUT2D eigenvalue weighted by Crippen LogP contribution is 2.41. The third kappa shape index (κ3) is 8.89. The Morgan fingerprint density at radius 1 is 0.829 bits per heavy atom. The molecule has 0 aromatic heterocycles. The van der Waals surface area contributed by atoms with Gasteiger partial charge in [0.2, 0.25) is 5.91 Å². The summed E-state index contributed by atoms with van der Waals surface area (Å²) in [5.74, 6) is -1.95. The molecule has 8 nitrogen and oxygen atoms in total. The SMILES string of the molecule is CC(C)(CCNC(=O)C(C)(C)CC(C)(C)C(=O)ON1C(=O)CCC1=O)OCCC(C)(C)C(C)(C)C. The maximum atomic E-state index is 12.9. The predicted molar refractivity (Wildman–Crippen MR) is 135 cm³/mol. The second-order valence-electron chi connectivity index (χ2n) is 13.4. The predicted octanol–water partition coefficient (Wildman–Crippen LogP) is 4.80. The Kier molecular flexibility index (Phi) is 9.74. The summed E-state index contributed by atoms with van der Waals surface area (Å²) in [6.45, 7) is 23.2. The largest absolute Gasteiger partial charge is 0.375 e. The first kappa shape index (κ1) is 31.1. The number of nitrogens with one attached hydrogen (secondary N) is 1. The fraction of sp³-hybridized carbons (Fsp3) is 0.852. The molecule has 0 radical (unpaired) electrons. The molecule has 1 aliphatic rings. The lowest BCUT2D eigenvalue weighted by atomic mass is 9.67. The van der Waals surface area contributed by atoms with Crippen molar-refractivity contribution in [1.29, 1.82) is 0 Å². The zero-order valence-electron chi connectivity index (χ0n) is 23.8. The summed E-state index contributed by atoms with van der Waals surface area (Å²) < 4.78 is 6.15. The van der Waals surface area contributed by atoms with Crippen LogP contribution < -0.4 is 5.32 Å². The number of hydrogen-bond acceptors (Lipinski definition) is 6. The lowest BCUT2D eigenvalue weighted by Crippen LogP contribution is -2.45. The minimum Gasteiger partial charge on any atom is -0.375 e. The minimum absolute atomic E-state index is 0.0366.